The largest absolute Gasteiger partial charge is 0.343 e. The summed E-state index contributed by atoms with van der Waals surface area (Å²) in [6.07, 6.45) is 2.28. The van der Waals surface area contributed by atoms with Crippen molar-refractivity contribution in [3.8, 4) is 11.3 Å². The molecule has 2 unspecified atom stereocenters. The Balaban J connectivity index is 1.69. The highest BCUT2D eigenvalue weighted by Gasteiger charge is 2.37. The van der Waals surface area contributed by atoms with E-state index in [1.165, 1.54) is 44.5 Å². The van der Waals surface area contributed by atoms with Crippen LogP contribution in [-0.4, -0.2) is 10.8 Å². The average Bonchev–Trinajstić information content (AvgIpc) is 3.41. The molecular weight excluding hydrogens is 388 g/mol. The fraction of sp³-hybridized carbons (Fsp3) is 0.100. The van der Waals surface area contributed by atoms with Crippen LogP contribution >= 0.6 is 0 Å². The normalized spacial score (nSPS) is 15.7. The van der Waals surface area contributed by atoms with Crippen LogP contribution in [0.15, 0.2) is 109 Å². The lowest BCUT2D eigenvalue weighted by atomic mass is 9.76. The van der Waals surface area contributed by atoms with Crippen LogP contribution in [0, 0.1) is 0 Å². The van der Waals surface area contributed by atoms with Gasteiger partial charge in [0.2, 0.25) is 5.69 Å². The molecule has 0 saturated carbocycles. The highest BCUT2D eigenvalue weighted by Crippen LogP contribution is 2.47. The van der Waals surface area contributed by atoms with Crippen LogP contribution in [0.4, 0.5) is 5.69 Å². The van der Waals surface area contributed by atoms with Crippen LogP contribution in [0.5, 0.6) is 0 Å². The van der Waals surface area contributed by atoms with Crippen molar-refractivity contribution in [1.82, 2.24) is 4.57 Å². The fourth-order valence-electron chi connectivity index (χ4n) is 5.36. The van der Waals surface area contributed by atoms with Gasteiger partial charge in [-0.1, -0.05) is 97.1 Å². The van der Waals surface area contributed by atoms with Crippen molar-refractivity contribution in [3.63, 3.8) is 0 Å². The number of nitrogens with zero attached hydrogens (tertiary/aromatic N) is 1. The van der Waals surface area contributed by atoms with Gasteiger partial charge in [0.05, 0.1) is 11.6 Å². The van der Waals surface area contributed by atoms with E-state index in [4.69, 9.17) is 0 Å². The molecule has 1 aromatic heterocycles. The van der Waals surface area contributed by atoms with E-state index in [9.17, 15) is 0 Å². The van der Waals surface area contributed by atoms with Gasteiger partial charge in [-0.25, -0.2) is 4.99 Å². The van der Waals surface area contributed by atoms with E-state index in [0.29, 0.717) is 0 Å². The molecule has 2 atom stereocenters. The Labute approximate surface area is 188 Å². The molecule has 1 aliphatic rings. The van der Waals surface area contributed by atoms with Crippen LogP contribution in [0.1, 0.15) is 28.5 Å². The van der Waals surface area contributed by atoms with Crippen molar-refractivity contribution in [3.05, 3.63) is 126 Å². The Morgan fingerprint density at radius 3 is 2.19 bits per heavy atom. The third-order valence-corrected chi connectivity index (χ3v) is 6.76. The minimum atomic E-state index is 0.189. The second-order valence-electron chi connectivity index (χ2n) is 8.52. The van der Waals surface area contributed by atoms with Crippen LogP contribution < -0.4 is 4.99 Å². The minimum Gasteiger partial charge on any atom is -0.343 e. The van der Waals surface area contributed by atoms with Gasteiger partial charge in [0.1, 0.15) is 0 Å². The number of hydrogen-bond donors (Lipinski definition) is 1. The third kappa shape index (κ3) is 2.91. The number of para-hydroxylation sites is 2. The molecule has 0 aliphatic carbocycles. The Hall–Kier alpha value is -3.91. The van der Waals surface area contributed by atoms with Crippen LogP contribution in [0.2, 0.25) is 0 Å². The summed E-state index contributed by atoms with van der Waals surface area (Å²) in [4.78, 5) is 3.55. The van der Waals surface area contributed by atoms with Crippen molar-refractivity contribution in [2.45, 2.75) is 11.8 Å². The van der Waals surface area contributed by atoms with E-state index in [1.807, 2.05) is 0 Å². The number of hydrogen-bond acceptors (Lipinski definition) is 0. The van der Waals surface area contributed by atoms with Crippen molar-refractivity contribution in [2.75, 3.05) is 0 Å². The van der Waals surface area contributed by atoms with Gasteiger partial charge in [0, 0.05) is 35.5 Å². The molecule has 5 aromatic rings. The molecule has 1 N–H and O–H groups in total. The summed E-state index contributed by atoms with van der Waals surface area (Å²) in [5.41, 5.74) is 9.09. The topological polar surface area (TPSA) is 18.9 Å². The van der Waals surface area contributed by atoms with Gasteiger partial charge >= 0.3 is 0 Å². The molecular formula is C30H25N2+. The smallest absolute Gasteiger partial charge is 0.207 e. The number of fused-ring (bicyclic) bond motifs is 2. The summed E-state index contributed by atoms with van der Waals surface area (Å²) >= 11 is 0. The molecule has 32 heavy (non-hydrogen) atoms. The lowest BCUT2D eigenvalue weighted by Crippen LogP contribution is -2.59. The Morgan fingerprint density at radius 2 is 1.38 bits per heavy atom. The molecule has 2 heteroatoms. The minimum absolute atomic E-state index is 0.189. The first-order chi connectivity index (χ1) is 15.8. The van der Waals surface area contributed by atoms with Gasteiger partial charge in [0.25, 0.3) is 0 Å². The van der Waals surface area contributed by atoms with Crippen molar-refractivity contribution in [1.29, 1.82) is 0 Å². The Kier molecular flexibility index (Phi) is 4.50. The molecule has 0 amide bonds. The molecule has 2 nitrogen and oxygen atoms in total. The number of aromatic nitrogens is 1. The predicted octanol–water partition coefficient (Wildman–Crippen LogP) is 5.56. The van der Waals surface area contributed by atoms with Gasteiger partial charge in [-0.15, -0.1) is 0 Å². The molecule has 154 valence electrons. The lowest BCUT2D eigenvalue weighted by Gasteiger charge is -2.24. The maximum atomic E-state index is 3.55. The zero-order valence-corrected chi connectivity index (χ0v) is 18.1. The summed E-state index contributed by atoms with van der Waals surface area (Å²) in [5.74, 6) is 0.426. The molecule has 1 aliphatic heterocycles. The Bertz CT molecular complexity index is 1430. The van der Waals surface area contributed by atoms with Crippen molar-refractivity contribution >= 4 is 22.8 Å². The van der Waals surface area contributed by atoms with Crippen molar-refractivity contribution < 1.29 is 4.99 Å². The van der Waals surface area contributed by atoms with Gasteiger partial charge in [0.15, 0.2) is 6.21 Å². The average molecular weight is 414 g/mol. The molecule has 0 saturated heterocycles. The second kappa shape index (κ2) is 7.65. The van der Waals surface area contributed by atoms with E-state index >= 15 is 0 Å². The first kappa shape index (κ1) is 18.8. The second-order valence-corrected chi connectivity index (χ2v) is 8.52. The summed E-state index contributed by atoms with van der Waals surface area (Å²) < 4.78 is 2.37. The maximum Gasteiger partial charge on any atom is 0.207 e. The zero-order valence-electron chi connectivity index (χ0n) is 18.1. The number of aryl methyl sites for hydroxylation is 1. The summed E-state index contributed by atoms with van der Waals surface area (Å²) in [6.45, 7) is 0. The van der Waals surface area contributed by atoms with E-state index in [0.717, 1.165) is 0 Å². The van der Waals surface area contributed by atoms with Gasteiger partial charge < -0.3 is 4.57 Å². The lowest BCUT2D eigenvalue weighted by molar-refractivity contribution is -0.344. The predicted molar refractivity (Wildman–Crippen MR) is 133 cm³/mol. The van der Waals surface area contributed by atoms with Gasteiger partial charge in [-0.05, 0) is 22.8 Å². The molecule has 2 heterocycles. The SMILES string of the molecule is Cn1c(-c2ccccc2)c(C(c2ccccc2)C2C=[NH+]c3ccccc32)c2ccccc21. The first-order valence-corrected chi connectivity index (χ1v) is 11.2. The molecule has 0 fully saturated rings. The van der Waals surface area contributed by atoms with E-state index < -0.39 is 0 Å². The number of benzene rings is 4. The Morgan fingerprint density at radius 1 is 0.719 bits per heavy atom. The quantitative estimate of drug-likeness (QED) is 0.398. The molecule has 0 spiro atoms. The summed E-state index contributed by atoms with van der Waals surface area (Å²) in [5, 5.41) is 1.32. The van der Waals surface area contributed by atoms with E-state index in [-0.39, 0.29) is 11.8 Å². The molecule has 0 radical (unpaired) electrons. The number of nitrogens with one attached hydrogen (secondary N) is 1. The van der Waals surface area contributed by atoms with Gasteiger partial charge in [-0.2, -0.15) is 0 Å². The summed E-state index contributed by atoms with van der Waals surface area (Å²) in [7, 11) is 2.20. The van der Waals surface area contributed by atoms with Gasteiger partial charge in [-0.3, -0.25) is 0 Å². The third-order valence-electron chi connectivity index (χ3n) is 6.76. The summed E-state index contributed by atoms with van der Waals surface area (Å²) in [6, 6.07) is 39.3. The standard InChI is InChI=1S/C30H24N2/c1-32-27-19-11-9-17-24(27)29(30(32)22-14-6-3-7-15-22)28(21-12-4-2-5-13-21)25-20-31-26-18-10-8-16-23(25)26/h2-20,25,28H,1H3/p+1. The fourth-order valence-corrected chi connectivity index (χ4v) is 5.36. The molecule has 0 bridgehead atoms. The van der Waals surface area contributed by atoms with Crippen LogP contribution in [0.3, 0.4) is 0 Å². The van der Waals surface area contributed by atoms with Crippen LogP contribution in [0.25, 0.3) is 22.2 Å². The molecule has 4 aromatic carbocycles. The number of rotatable bonds is 4. The van der Waals surface area contributed by atoms with E-state index in [1.54, 1.807) is 0 Å². The molecule has 6 rings (SSSR count). The van der Waals surface area contributed by atoms with E-state index in [2.05, 4.69) is 132 Å². The maximum absolute atomic E-state index is 3.55. The van der Waals surface area contributed by atoms with Crippen LogP contribution in [-0.2, 0) is 7.05 Å². The highest BCUT2D eigenvalue weighted by molar-refractivity contribution is 5.94. The zero-order chi connectivity index (χ0) is 21.5. The first-order valence-electron chi connectivity index (χ1n) is 11.2. The monoisotopic (exact) mass is 413 g/mol. The highest BCUT2D eigenvalue weighted by atomic mass is 15.0. The van der Waals surface area contributed by atoms with Crippen molar-refractivity contribution in [2.24, 2.45) is 7.05 Å².